The Bertz CT molecular complexity index is 338. The highest BCUT2D eigenvalue weighted by molar-refractivity contribution is 5.55. The van der Waals surface area contributed by atoms with Gasteiger partial charge in [0.15, 0.2) is 0 Å². The first-order chi connectivity index (χ1) is 8.86. The Kier molecular flexibility index (Phi) is 5.02. The van der Waals surface area contributed by atoms with E-state index in [9.17, 15) is 0 Å². The maximum Gasteiger partial charge on any atom is 0.0642 e. The highest BCUT2D eigenvalue weighted by Crippen LogP contribution is 2.29. The van der Waals surface area contributed by atoms with E-state index in [2.05, 4.69) is 48.5 Å². The minimum atomic E-state index is 0.453. The average Bonchev–Trinajstić information content (AvgIpc) is 2.46. The number of morpholine rings is 1. The molecule has 3 nitrogen and oxygen atoms in total. The fraction of sp³-hybridized carbons (Fsp3) is 0.600. The Hall–Kier alpha value is -1.06. The van der Waals surface area contributed by atoms with Crippen LogP contribution in [0.5, 0.6) is 0 Å². The summed E-state index contributed by atoms with van der Waals surface area (Å²) in [5.41, 5.74) is 2.79. The summed E-state index contributed by atoms with van der Waals surface area (Å²) >= 11 is 0. The van der Waals surface area contributed by atoms with Gasteiger partial charge < -0.3 is 15.0 Å². The summed E-state index contributed by atoms with van der Waals surface area (Å²) in [6.45, 7) is 5.92. The molecule has 0 aliphatic carbocycles. The van der Waals surface area contributed by atoms with Gasteiger partial charge in [0, 0.05) is 24.8 Å². The van der Waals surface area contributed by atoms with Crippen LogP contribution in [0.15, 0.2) is 24.3 Å². The Morgan fingerprint density at radius 3 is 2.67 bits per heavy atom. The molecule has 0 aromatic heterocycles. The number of hydrogen-bond donors (Lipinski definition) is 1. The SMILES string of the molecule is CCCC(NC)c1ccccc1N1CCOCC1. The molecule has 1 aromatic rings. The molecule has 1 unspecified atom stereocenters. The molecule has 0 spiro atoms. The fourth-order valence-corrected chi connectivity index (χ4v) is 2.62. The molecule has 0 radical (unpaired) electrons. The van der Waals surface area contributed by atoms with E-state index in [1.807, 2.05) is 0 Å². The summed E-state index contributed by atoms with van der Waals surface area (Å²) in [4.78, 5) is 2.44. The van der Waals surface area contributed by atoms with Crippen LogP contribution in [0, 0.1) is 0 Å². The van der Waals surface area contributed by atoms with Crippen molar-refractivity contribution in [1.29, 1.82) is 0 Å². The van der Waals surface area contributed by atoms with Gasteiger partial charge in [-0.05, 0) is 25.1 Å². The molecule has 0 saturated carbocycles. The number of anilines is 1. The molecule has 2 rings (SSSR count). The maximum absolute atomic E-state index is 5.44. The standard InChI is InChI=1S/C15H24N2O/c1-3-6-14(16-2)13-7-4-5-8-15(13)17-9-11-18-12-10-17/h4-5,7-8,14,16H,3,6,9-12H2,1-2H3. The van der Waals surface area contributed by atoms with E-state index in [1.54, 1.807) is 0 Å². The summed E-state index contributed by atoms with van der Waals surface area (Å²) in [6.07, 6.45) is 2.38. The zero-order valence-electron chi connectivity index (χ0n) is 11.5. The van der Waals surface area contributed by atoms with Crippen molar-refractivity contribution in [2.75, 3.05) is 38.3 Å². The molecular weight excluding hydrogens is 224 g/mol. The van der Waals surface area contributed by atoms with E-state index < -0.39 is 0 Å². The number of benzene rings is 1. The lowest BCUT2D eigenvalue weighted by molar-refractivity contribution is 0.122. The molecule has 1 aliphatic heterocycles. The third-order valence-electron chi connectivity index (χ3n) is 3.59. The molecule has 1 atom stereocenters. The molecule has 0 amide bonds. The summed E-state index contributed by atoms with van der Waals surface area (Å²) in [5.74, 6) is 0. The number of nitrogens with one attached hydrogen (secondary N) is 1. The molecular formula is C15H24N2O. The predicted octanol–water partition coefficient (Wildman–Crippen LogP) is 2.58. The predicted molar refractivity (Wildman–Crippen MR) is 76.2 cm³/mol. The lowest BCUT2D eigenvalue weighted by Gasteiger charge is -2.32. The van der Waals surface area contributed by atoms with Gasteiger partial charge in [0.1, 0.15) is 0 Å². The molecule has 1 N–H and O–H groups in total. The van der Waals surface area contributed by atoms with Gasteiger partial charge in [-0.2, -0.15) is 0 Å². The largest absolute Gasteiger partial charge is 0.378 e. The molecule has 1 aromatic carbocycles. The normalized spacial score (nSPS) is 17.8. The van der Waals surface area contributed by atoms with Crippen molar-refractivity contribution >= 4 is 5.69 Å². The van der Waals surface area contributed by atoms with Crippen LogP contribution in [-0.4, -0.2) is 33.4 Å². The van der Waals surface area contributed by atoms with E-state index in [1.165, 1.54) is 24.1 Å². The minimum Gasteiger partial charge on any atom is -0.378 e. The number of nitrogens with zero attached hydrogens (tertiary/aromatic N) is 1. The first-order valence-corrected chi connectivity index (χ1v) is 6.95. The van der Waals surface area contributed by atoms with E-state index in [0.717, 1.165) is 26.3 Å². The van der Waals surface area contributed by atoms with Gasteiger partial charge >= 0.3 is 0 Å². The zero-order valence-corrected chi connectivity index (χ0v) is 11.5. The zero-order chi connectivity index (χ0) is 12.8. The second-order valence-corrected chi connectivity index (χ2v) is 4.79. The van der Waals surface area contributed by atoms with Crippen molar-refractivity contribution in [2.45, 2.75) is 25.8 Å². The second-order valence-electron chi connectivity index (χ2n) is 4.79. The van der Waals surface area contributed by atoms with Crippen molar-refractivity contribution in [1.82, 2.24) is 5.32 Å². The lowest BCUT2D eigenvalue weighted by Crippen LogP contribution is -2.37. The van der Waals surface area contributed by atoms with Crippen LogP contribution in [0.3, 0.4) is 0 Å². The number of ether oxygens (including phenoxy) is 1. The average molecular weight is 248 g/mol. The van der Waals surface area contributed by atoms with Crippen molar-refractivity contribution in [3.8, 4) is 0 Å². The van der Waals surface area contributed by atoms with Gasteiger partial charge in [-0.3, -0.25) is 0 Å². The molecule has 1 heterocycles. The topological polar surface area (TPSA) is 24.5 Å². The molecule has 1 saturated heterocycles. The van der Waals surface area contributed by atoms with E-state index in [-0.39, 0.29) is 0 Å². The van der Waals surface area contributed by atoms with Crippen LogP contribution in [0.25, 0.3) is 0 Å². The molecule has 18 heavy (non-hydrogen) atoms. The summed E-state index contributed by atoms with van der Waals surface area (Å²) in [7, 11) is 2.05. The molecule has 100 valence electrons. The van der Waals surface area contributed by atoms with Gasteiger partial charge in [-0.1, -0.05) is 31.5 Å². The van der Waals surface area contributed by atoms with Crippen molar-refractivity contribution in [3.05, 3.63) is 29.8 Å². The molecule has 0 bridgehead atoms. The van der Waals surface area contributed by atoms with Gasteiger partial charge in [0.2, 0.25) is 0 Å². The van der Waals surface area contributed by atoms with Crippen LogP contribution in [-0.2, 0) is 4.74 Å². The number of para-hydroxylation sites is 1. The summed E-state index contributed by atoms with van der Waals surface area (Å²) in [6, 6.07) is 9.21. The Morgan fingerprint density at radius 2 is 2.00 bits per heavy atom. The van der Waals surface area contributed by atoms with Gasteiger partial charge in [0.25, 0.3) is 0 Å². The van der Waals surface area contributed by atoms with Crippen LogP contribution in [0.4, 0.5) is 5.69 Å². The summed E-state index contributed by atoms with van der Waals surface area (Å²) < 4.78 is 5.44. The third kappa shape index (κ3) is 3.03. The Morgan fingerprint density at radius 1 is 1.28 bits per heavy atom. The van der Waals surface area contributed by atoms with Crippen molar-refractivity contribution in [3.63, 3.8) is 0 Å². The number of hydrogen-bond acceptors (Lipinski definition) is 3. The van der Waals surface area contributed by atoms with E-state index in [0.29, 0.717) is 6.04 Å². The van der Waals surface area contributed by atoms with Crippen molar-refractivity contribution < 1.29 is 4.74 Å². The lowest BCUT2D eigenvalue weighted by atomic mass is 9.99. The van der Waals surface area contributed by atoms with Crippen LogP contribution >= 0.6 is 0 Å². The molecule has 3 heteroatoms. The summed E-state index contributed by atoms with van der Waals surface area (Å²) in [5, 5.41) is 3.44. The minimum absolute atomic E-state index is 0.453. The quantitative estimate of drug-likeness (QED) is 0.867. The first kappa shape index (κ1) is 13.4. The van der Waals surface area contributed by atoms with Gasteiger partial charge in [0.05, 0.1) is 13.2 Å². The van der Waals surface area contributed by atoms with Gasteiger partial charge in [-0.25, -0.2) is 0 Å². The van der Waals surface area contributed by atoms with E-state index in [4.69, 9.17) is 4.74 Å². The second kappa shape index (κ2) is 6.76. The third-order valence-corrected chi connectivity index (χ3v) is 3.59. The van der Waals surface area contributed by atoms with Crippen LogP contribution in [0.1, 0.15) is 31.4 Å². The first-order valence-electron chi connectivity index (χ1n) is 6.95. The fourth-order valence-electron chi connectivity index (χ4n) is 2.62. The van der Waals surface area contributed by atoms with Crippen molar-refractivity contribution in [2.24, 2.45) is 0 Å². The van der Waals surface area contributed by atoms with Gasteiger partial charge in [-0.15, -0.1) is 0 Å². The monoisotopic (exact) mass is 248 g/mol. The molecule has 1 fully saturated rings. The highest BCUT2D eigenvalue weighted by Gasteiger charge is 2.18. The van der Waals surface area contributed by atoms with Crippen LogP contribution < -0.4 is 10.2 Å². The Labute approximate surface area is 110 Å². The Balaban J connectivity index is 2.23. The maximum atomic E-state index is 5.44. The number of rotatable bonds is 5. The van der Waals surface area contributed by atoms with Crippen LogP contribution in [0.2, 0.25) is 0 Å². The molecule has 1 aliphatic rings. The van der Waals surface area contributed by atoms with E-state index >= 15 is 0 Å². The highest BCUT2D eigenvalue weighted by atomic mass is 16.5. The smallest absolute Gasteiger partial charge is 0.0642 e.